The summed E-state index contributed by atoms with van der Waals surface area (Å²) in [4.78, 5) is 11.9. The highest BCUT2D eigenvalue weighted by molar-refractivity contribution is 5.95. The number of carbonyl (C=O) groups excluding carboxylic acids is 1. The molecule has 6 nitrogen and oxygen atoms in total. The molecular weight excluding hydrogens is 313 g/mol. The van der Waals surface area contributed by atoms with Crippen LogP contribution >= 0.6 is 0 Å². The van der Waals surface area contributed by atoms with Crippen LogP contribution in [0.1, 0.15) is 21.5 Å². The second kappa shape index (κ2) is 6.79. The standard InChI is InChI=1S/C17H12FN3O3/c18-14-7-11(9-19)1-3-13(14)17(22)21-20-10-12-2-4-15-16(8-12)24-6-5-23-15/h1-4,7-8,10H,5-6H2,(H,21,22). The number of rotatable bonds is 3. The molecule has 1 heterocycles. The molecule has 0 aliphatic carbocycles. The van der Waals surface area contributed by atoms with E-state index < -0.39 is 11.7 Å². The summed E-state index contributed by atoms with van der Waals surface area (Å²) in [6.07, 6.45) is 1.41. The Morgan fingerprint density at radius 3 is 2.75 bits per heavy atom. The van der Waals surface area contributed by atoms with E-state index in [0.29, 0.717) is 30.3 Å². The van der Waals surface area contributed by atoms with Gasteiger partial charge in [-0.05, 0) is 42.0 Å². The Morgan fingerprint density at radius 1 is 1.21 bits per heavy atom. The first-order valence-electron chi connectivity index (χ1n) is 7.10. The first kappa shape index (κ1) is 15.5. The Balaban J connectivity index is 1.68. The zero-order valence-electron chi connectivity index (χ0n) is 12.5. The van der Waals surface area contributed by atoms with Crippen molar-refractivity contribution in [3.05, 3.63) is 58.9 Å². The van der Waals surface area contributed by atoms with Crippen molar-refractivity contribution >= 4 is 12.1 Å². The van der Waals surface area contributed by atoms with Crippen molar-refractivity contribution in [3.8, 4) is 17.6 Å². The molecule has 0 bridgehead atoms. The molecule has 0 fully saturated rings. The van der Waals surface area contributed by atoms with E-state index in [1.807, 2.05) is 0 Å². The maximum atomic E-state index is 13.7. The molecule has 2 aromatic carbocycles. The SMILES string of the molecule is N#Cc1ccc(C(=O)NN=Cc2ccc3c(c2)OCCO3)c(F)c1. The highest BCUT2D eigenvalue weighted by atomic mass is 19.1. The molecule has 0 saturated heterocycles. The molecule has 1 amide bonds. The number of amides is 1. The molecule has 0 unspecified atom stereocenters. The van der Waals surface area contributed by atoms with E-state index in [9.17, 15) is 9.18 Å². The predicted molar refractivity (Wildman–Crippen MR) is 83.6 cm³/mol. The summed E-state index contributed by atoms with van der Waals surface area (Å²) in [6.45, 7) is 0.981. The summed E-state index contributed by atoms with van der Waals surface area (Å²) in [7, 11) is 0. The van der Waals surface area contributed by atoms with Crippen LogP contribution in [-0.4, -0.2) is 25.3 Å². The number of halogens is 1. The molecule has 7 heteroatoms. The number of carbonyl (C=O) groups is 1. The van der Waals surface area contributed by atoms with Gasteiger partial charge in [0.25, 0.3) is 5.91 Å². The van der Waals surface area contributed by atoms with Gasteiger partial charge in [-0.1, -0.05) is 0 Å². The van der Waals surface area contributed by atoms with E-state index in [-0.39, 0.29) is 11.1 Å². The van der Waals surface area contributed by atoms with E-state index in [1.165, 1.54) is 18.3 Å². The lowest BCUT2D eigenvalue weighted by atomic mass is 10.1. The smallest absolute Gasteiger partial charge is 0.274 e. The van der Waals surface area contributed by atoms with Crippen molar-refractivity contribution in [2.24, 2.45) is 5.10 Å². The number of hydrogen-bond donors (Lipinski definition) is 1. The van der Waals surface area contributed by atoms with Crippen LogP contribution in [0.15, 0.2) is 41.5 Å². The van der Waals surface area contributed by atoms with E-state index in [1.54, 1.807) is 24.3 Å². The molecule has 2 aromatic rings. The van der Waals surface area contributed by atoms with E-state index in [4.69, 9.17) is 14.7 Å². The third kappa shape index (κ3) is 3.33. The van der Waals surface area contributed by atoms with Crippen LogP contribution in [0.4, 0.5) is 4.39 Å². The van der Waals surface area contributed by atoms with Gasteiger partial charge in [-0.25, -0.2) is 9.82 Å². The van der Waals surface area contributed by atoms with E-state index in [0.717, 1.165) is 6.07 Å². The van der Waals surface area contributed by atoms with Gasteiger partial charge in [0, 0.05) is 0 Å². The minimum absolute atomic E-state index is 0.142. The predicted octanol–water partition coefficient (Wildman–Crippen LogP) is 2.23. The number of nitrogens with one attached hydrogen (secondary N) is 1. The topological polar surface area (TPSA) is 83.7 Å². The number of hydrazone groups is 1. The Hall–Kier alpha value is -3.40. The van der Waals surface area contributed by atoms with Gasteiger partial charge in [0.2, 0.25) is 0 Å². The maximum Gasteiger partial charge on any atom is 0.274 e. The van der Waals surface area contributed by atoms with Crippen LogP contribution in [-0.2, 0) is 0 Å². The van der Waals surface area contributed by atoms with E-state index >= 15 is 0 Å². The van der Waals surface area contributed by atoms with Gasteiger partial charge in [0.05, 0.1) is 23.4 Å². The molecule has 1 N–H and O–H groups in total. The number of ether oxygens (including phenoxy) is 2. The molecule has 0 atom stereocenters. The van der Waals surface area contributed by atoms with Crippen LogP contribution in [0.3, 0.4) is 0 Å². The Kier molecular flexibility index (Phi) is 4.38. The van der Waals surface area contributed by atoms with Crippen LogP contribution in [0, 0.1) is 17.1 Å². The molecular formula is C17H12FN3O3. The van der Waals surface area contributed by atoms with Crippen molar-refractivity contribution < 1.29 is 18.7 Å². The van der Waals surface area contributed by atoms with Gasteiger partial charge < -0.3 is 9.47 Å². The molecule has 24 heavy (non-hydrogen) atoms. The Morgan fingerprint density at radius 2 is 2.00 bits per heavy atom. The molecule has 0 saturated carbocycles. The van der Waals surface area contributed by atoms with Gasteiger partial charge in [0.15, 0.2) is 11.5 Å². The fourth-order valence-corrected chi connectivity index (χ4v) is 2.13. The fourth-order valence-electron chi connectivity index (χ4n) is 2.13. The lowest BCUT2D eigenvalue weighted by Crippen LogP contribution is -2.19. The first-order valence-corrected chi connectivity index (χ1v) is 7.10. The van der Waals surface area contributed by atoms with Gasteiger partial charge in [-0.15, -0.1) is 0 Å². The molecule has 120 valence electrons. The summed E-state index contributed by atoms with van der Waals surface area (Å²) in [5.74, 6) is -0.219. The first-order chi connectivity index (χ1) is 11.7. The molecule has 0 spiro atoms. The second-order valence-electron chi connectivity index (χ2n) is 4.91. The largest absolute Gasteiger partial charge is 0.486 e. The summed E-state index contributed by atoms with van der Waals surface area (Å²) in [5.41, 5.74) is 2.89. The summed E-state index contributed by atoms with van der Waals surface area (Å²) < 4.78 is 24.6. The second-order valence-corrected chi connectivity index (χ2v) is 4.91. The number of benzene rings is 2. The summed E-state index contributed by atoms with van der Waals surface area (Å²) in [5, 5.41) is 12.5. The normalized spacial score (nSPS) is 12.7. The van der Waals surface area contributed by atoms with E-state index in [2.05, 4.69) is 10.5 Å². The fraction of sp³-hybridized carbons (Fsp3) is 0.118. The molecule has 1 aliphatic rings. The quantitative estimate of drug-likeness (QED) is 0.693. The number of nitrogens with zero attached hydrogens (tertiary/aromatic N) is 2. The number of nitriles is 1. The Bertz CT molecular complexity index is 859. The van der Waals surface area contributed by atoms with Crippen molar-refractivity contribution in [2.45, 2.75) is 0 Å². The minimum Gasteiger partial charge on any atom is -0.486 e. The molecule has 0 aromatic heterocycles. The van der Waals surface area contributed by atoms with Gasteiger partial charge in [0.1, 0.15) is 19.0 Å². The van der Waals surface area contributed by atoms with Crippen molar-refractivity contribution in [2.75, 3.05) is 13.2 Å². The lowest BCUT2D eigenvalue weighted by molar-refractivity contribution is 0.0951. The average molecular weight is 325 g/mol. The van der Waals surface area contributed by atoms with Crippen LogP contribution in [0.2, 0.25) is 0 Å². The summed E-state index contributed by atoms with van der Waals surface area (Å²) in [6, 6.07) is 10.6. The zero-order chi connectivity index (χ0) is 16.9. The Labute approximate surface area is 137 Å². The minimum atomic E-state index is -0.777. The molecule has 3 rings (SSSR count). The highest BCUT2D eigenvalue weighted by Gasteiger charge is 2.12. The van der Waals surface area contributed by atoms with Crippen molar-refractivity contribution in [3.63, 3.8) is 0 Å². The van der Waals surface area contributed by atoms with Gasteiger partial charge >= 0.3 is 0 Å². The maximum absolute atomic E-state index is 13.7. The average Bonchev–Trinajstić information content (AvgIpc) is 2.61. The molecule has 0 radical (unpaired) electrons. The molecule has 1 aliphatic heterocycles. The van der Waals surface area contributed by atoms with Crippen molar-refractivity contribution in [1.82, 2.24) is 5.43 Å². The third-order valence-corrected chi connectivity index (χ3v) is 3.29. The van der Waals surface area contributed by atoms with Crippen LogP contribution in [0.5, 0.6) is 11.5 Å². The monoisotopic (exact) mass is 325 g/mol. The number of fused-ring (bicyclic) bond motifs is 1. The summed E-state index contributed by atoms with van der Waals surface area (Å²) >= 11 is 0. The zero-order valence-corrected chi connectivity index (χ0v) is 12.5. The van der Waals surface area contributed by atoms with Crippen LogP contribution < -0.4 is 14.9 Å². The lowest BCUT2D eigenvalue weighted by Gasteiger charge is -2.18. The number of hydrogen-bond acceptors (Lipinski definition) is 5. The third-order valence-electron chi connectivity index (χ3n) is 3.29. The highest BCUT2D eigenvalue weighted by Crippen LogP contribution is 2.30. The van der Waals surface area contributed by atoms with Gasteiger partial charge in [-0.3, -0.25) is 4.79 Å². The van der Waals surface area contributed by atoms with Crippen LogP contribution in [0.25, 0.3) is 0 Å². The van der Waals surface area contributed by atoms with Crippen molar-refractivity contribution in [1.29, 1.82) is 5.26 Å². The van der Waals surface area contributed by atoms with Gasteiger partial charge in [-0.2, -0.15) is 10.4 Å².